The second-order valence-electron chi connectivity index (χ2n) is 6.89. The fraction of sp³-hybridized carbons (Fsp3) is 0.238. The Morgan fingerprint density at radius 1 is 1.21 bits per heavy atom. The summed E-state index contributed by atoms with van der Waals surface area (Å²) in [6.45, 7) is 1.65. The highest BCUT2D eigenvalue weighted by Crippen LogP contribution is 2.23. The Kier molecular flexibility index (Phi) is 7.03. The summed E-state index contributed by atoms with van der Waals surface area (Å²) >= 11 is 5.84. The van der Waals surface area contributed by atoms with E-state index in [2.05, 4.69) is 30.6 Å². The Morgan fingerprint density at radius 2 is 2.06 bits per heavy atom. The Balaban J connectivity index is 1.61. The average molecular weight is 470 g/mol. The van der Waals surface area contributed by atoms with Gasteiger partial charge in [0.1, 0.15) is 12.1 Å². The molecule has 0 radical (unpaired) electrons. The summed E-state index contributed by atoms with van der Waals surface area (Å²) in [6.07, 6.45) is 1.60. The van der Waals surface area contributed by atoms with Crippen LogP contribution in [0.5, 0.6) is 5.88 Å². The van der Waals surface area contributed by atoms with E-state index in [4.69, 9.17) is 26.2 Å². The number of pyridine rings is 1. The number of benzene rings is 1. The minimum atomic E-state index is -1.12. The fourth-order valence-corrected chi connectivity index (χ4v) is 3.10. The van der Waals surface area contributed by atoms with Crippen LogP contribution in [0.4, 0.5) is 5.82 Å². The SMILES string of the molecule is Cc1ccccc1-n1nnc2c(O[C@@H](COCCO)C(=O)Nc3ccc(Cl)cn3)ncnc21. The molecule has 2 N–H and O–H groups in total. The molecule has 170 valence electrons. The van der Waals surface area contributed by atoms with E-state index in [9.17, 15) is 4.79 Å². The number of aromatic nitrogens is 6. The van der Waals surface area contributed by atoms with Crippen LogP contribution in [-0.4, -0.2) is 66.9 Å². The van der Waals surface area contributed by atoms with Crippen molar-refractivity contribution in [2.24, 2.45) is 0 Å². The van der Waals surface area contributed by atoms with Gasteiger partial charge in [-0.2, -0.15) is 9.67 Å². The molecule has 4 rings (SSSR count). The van der Waals surface area contributed by atoms with Gasteiger partial charge in [-0.3, -0.25) is 4.79 Å². The Hall–Kier alpha value is -3.67. The molecule has 3 aromatic heterocycles. The predicted molar refractivity (Wildman–Crippen MR) is 119 cm³/mol. The molecule has 0 saturated heterocycles. The van der Waals surface area contributed by atoms with E-state index in [1.807, 2.05) is 31.2 Å². The number of fused-ring (bicyclic) bond motifs is 1. The van der Waals surface area contributed by atoms with Gasteiger partial charge in [0.15, 0.2) is 11.2 Å². The third-order valence-electron chi connectivity index (χ3n) is 4.58. The lowest BCUT2D eigenvalue weighted by molar-refractivity contribution is -0.125. The molecule has 0 spiro atoms. The zero-order valence-electron chi connectivity index (χ0n) is 17.6. The largest absolute Gasteiger partial charge is 0.460 e. The molecule has 0 aliphatic carbocycles. The molecule has 4 aromatic rings. The lowest BCUT2D eigenvalue weighted by Gasteiger charge is -2.18. The average Bonchev–Trinajstić information content (AvgIpc) is 3.25. The fourth-order valence-electron chi connectivity index (χ4n) is 2.99. The van der Waals surface area contributed by atoms with Gasteiger partial charge >= 0.3 is 0 Å². The summed E-state index contributed by atoms with van der Waals surface area (Å²) in [6, 6.07) is 10.8. The number of amides is 1. The first kappa shape index (κ1) is 22.5. The van der Waals surface area contributed by atoms with Crippen molar-refractivity contribution in [1.82, 2.24) is 29.9 Å². The van der Waals surface area contributed by atoms with Crippen molar-refractivity contribution in [2.75, 3.05) is 25.1 Å². The predicted octanol–water partition coefficient (Wildman–Crippen LogP) is 1.96. The van der Waals surface area contributed by atoms with E-state index in [0.29, 0.717) is 16.5 Å². The van der Waals surface area contributed by atoms with Gasteiger partial charge in [-0.05, 0) is 30.7 Å². The maximum Gasteiger partial charge on any atom is 0.269 e. The molecule has 0 saturated carbocycles. The molecule has 1 amide bonds. The van der Waals surface area contributed by atoms with Crippen molar-refractivity contribution in [2.45, 2.75) is 13.0 Å². The second kappa shape index (κ2) is 10.3. The first-order valence-corrected chi connectivity index (χ1v) is 10.3. The minimum absolute atomic E-state index is 0.0367. The number of para-hydroxylation sites is 1. The number of aliphatic hydroxyl groups excluding tert-OH is 1. The molecule has 11 nitrogen and oxygen atoms in total. The van der Waals surface area contributed by atoms with Gasteiger partial charge in [0.25, 0.3) is 5.91 Å². The van der Waals surface area contributed by atoms with Crippen molar-refractivity contribution in [3.63, 3.8) is 0 Å². The van der Waals surface area contributed by atoms with Gasteiger partial charge in [0.2, 0.25) is 12.0 Å². The van der Waals surface area contributed by atoms with Crippen LogP contribution in [-0.2, 0) is 9.53 Å². The number of hydrogen-bond acceptors (Lipinski definition) is 9. The number of nitrogens with one attached hydrogen (secondary N) is 1. The van der Waals surface area contributed by atoms with Crippen molar-refractivity contribution in [3.05, 3.63) is 59.5 Å². The first-order valence-electron chi connectivity index (χ1n) is 9.97. The third-order valence-corrected chi connectivity index (χ3v) is 4.80. The summed E-state index contributed by atoms with van der Waals surface area (Å²) < 4.78 is 12.8. The molecule has 3 heterocycles. The molecule has 0 aliphatic heterocycles. The van der Waals surface area contributed by atoms with E-state index in [1.54, 1.807) is 16.8 Å². The van der Waals surface area contributed by atoms with Gasteiger partial charge < -0.3 is 19.9 Å². The number of carbonyl (C=O) groups is 1. The van der Waals surface area contributed by atoms with Crippen molar-refractivity contribution in [3.8, 4) is 11.6 Å². The Morgan fingerprint density at radius 3 is 2.82 bits per heavy atom. The van der Waals surface area contributed by atoms with E-state index in [-0.39, 0.29) is 31.2 Å². The van der Waals surface area contributed by atoms with Crippen molar-refractivity contribution in [1.29, 1.82) is 0 Å². The maximum absolute atomic E-state index is 12.9. The van der Waals surface area contributed by atoms with Gasteiger partial charge in [0, 0.05) is 6.20 Å². The quantitative estimate of drug-likeness (QED) is 0.352. The van der Waals surface area contributed by atoms with E-state index >= 15 is 0 Å². The van der Waals surface area contributed by atoms with Gasteiger partial charge in [0.05, 0.1) is 30.5 Å². The van der Waals surface area contributed by atoms with Gasteiger partial charge in [-0.15, -0.1) is 5.10 Å². The summed E-state index contributed by atoms with van der Waals surface area (Å²) in [7, 11) is 0. The highest BCUT2D eigenvalue weighted by atomic mass is 35.5. The van der Waals surface area contributed by atoms with E-state index in [1.165, 1.54) is 12.5 Å². The molecule has 1 atom stereocenters. The summed E-state index contributed by atoms with van der Waals surface area (Å²) in [4.78, 5) is 25.3. The molecule has 0 unspecified atom stereocenters. The summed E-state index contributed by atoms with van der Waals surface area (Å²) in [5.74, 6) is -0.170. The number of aryl methyl sites for hydroxylation is 1. The summed E-state index contributed by atoms with van der Waals surface area (Å²) in [5.41, 5.74) is 2.49. The highest BCUT2D eigenvalue weighted by Gasteiger charge is 2.25. The van der Waals surface area contributed by atoms with Crippen LogP contribution in [0, 0.1) is 6.92 Å². The molecule has 12 heteroatoms. The second-order valence-corrected chi connectivity index (χ2v) is 7.33. The molecule has 0 aliphatic rings. The number of halogens is 1. The van der Waals surface area contributed by atoms with Gasteiger partial charge in [-0.25, -0.2) is 9.97 Å². The molecular formula is C21H20ClN7O4. The van der Waals surface area contributed by atoms with E-state index < -0.39 is 12.0 Å². The molecule has 33 heavy (non-hydrogen) atoms. The maximum atomic E-state index is 12.9. The van der Waals surface area contributed by atoms with Crippen molar-refractivity contribution >= 4 is 34.5 Å². The number of aliphatic hydroxyl groups is 1. The van der Waals surface area contributed by atoms with E-state index in [0.717, 1.165) is 11.3 Å². The zero-order valence-corrected chi connectivity index (χ0v) is 18.3. The third kappa shape index (κ3) is 5.22. The zero-order chi connectivity index (χ0) is 23.2. The normalized spacial score (nSPS) is 12.0. The lowest BCUT2D eigenvalue weighted by atomic mass is 10.2. The smallest absolute Gasteiger partial charge is 0.269 e. The standard InChI is InChI=1S/C21H20ClN7O4/c1-13-4-2-3-5-15(13)29-19-18(27-28-29)21(25-12-24-19)33-16(11-32-9-8-30)20(31)26-17-7-6-14(22)10-23-17/h2-7,10,12,16,30H,8-9,11H2,1H3,(H,23,26,31)/t16-/m0/s1. The number of rotatable bonds is 9. The monoisotopic (exact) mass is 469 g/mol. The van der Waals surface area contributed by atoms with Gasteiger partial charge in [-0.1, -0.05) is 35.0 Å². The molecule has 0 fully saturated rings. The van der Waals surface area contributed by atoms with Crippen LogP contribution in [0.3, 0.4) is 0 Å². The topological polar surface area (TPSA) is 137 Å². The summed E-state index contributed by atoms with van der Waals surface area (Å²) in [5, 5.41) is 20.4. The number of carbonyl (C=O) groups excluding carboxylic acids is 1. The van der Waals surface area contributed by atoms with Crippen LogP contribution in [0.15, 0.2) is 48.9 Å². The Labute approximate surface area is 193 Å². The molecule has 0 bridgehead atoms. The van der Waals surface area contributed by atoms with Crippen LogP contribution < -0.4 is 10.1 Å². The van der Waals surface area contributed by atoms with Crippen LogP contribution in [0.25, 0.3) is 16.9 Å². The molecule has 1 aromatic carbocycles. The lowest BCUT2D eigenvalue weighted by Crippen LogP contribution is -2.37. The van der Waals surface area contributed by atoms with Crippen molar-refractivity contribution < 1.29 is 19.4 Å². The van der Waals surface area contributed by atoms with Crippen LogP contribution in [0.2, 0.25) is 5.02 Å². The first-order chi connectivity index (χ1) is 16.1. The number of anilines is 1. The molecular weight excluding hydrogens is 450 g/mol. The van der Waals surface area contributed by atoms with Crippen LogP contribution in [0.1, 0.15) is 5.56 Å². The number of hydrogen-bond donors (Lipinski definition) is 2. The highest BCUT2D eigenvalue weighted by molar-refractivity contribution is 6.30. The van der Waals surface area contributed by atoms with Crippen LogP contribution >= 0.6 is 11.6 Å². The minimum Gasteiger partial charge on any atom is -0.460 e. The number of ether oxygens (including phenoxy) is 2. The Bertz CT molecular complexity index is 1250. The number of nitrogens with zero attached hydrogens (tertiary/aromatic N) is 6.